The van der Waals surface area contributed by atoms with Gasteiger partial charge in [0.2, 0.25) is 0 Å². The Morgan fingerprint density at radius 3 is 2.42 bits per heavy atom. The van der Waals surface area contributed by atoms with Gasteiger partial charge in [0.05, 0.1) is 30.3 Å². The smallest absolute Gasteiger partial charge is 0.140 e. The van der Waals surface area contributed by atoms with Gasteiger partial charge in [-0.2, -0.15) is 0 Å². The zero-order valence-electron chi connectivity index (χ0n) is 20.7. The van der Waals surface area contributed by atoms with Crippen molar-refractivity contribution in [2.75, 3.05) is 13.2 Å². The van der Waals surface area contributed by atoms with E-state index in [1.165, 1.54) is 23.2 Å². The van der Waals surface area contributed by atoms with Crippen molar-refractivity contribution in [3.05, 3.63) is 102 Å². The van der Waals surface area contributed by atoms with Crippen LogP contribution in [-0.4, -0.2) is 51.0 Å². The third-order valence-corrected chi connectivity index (χ3v) is 8.15. The van der Waals surface area contributed by atoms with Crippen LogP contribution in [0.1, 0.15) is 49.7 Å². The normalized spacial score (nSPS) is 28.1. The average Bonchev–Trinajstić information content (AvgIpc) is 3.26. The number of hydrogen-bond donors (Lipinski definition) is 2. The minimum atomic E-state index is -0.923. The summed E-state index contributed by atoms with van der Waals surface area (Å²) in [4.78, 5) is 12.7. The summed E-state index contributed by atoms with van der Waals surface area (Å²) in [7, 11) is 0. The summed E-state index contributed by atoms with van der Waals surface area (Å²) in [6, 6.07) is 21.5. The second-order valence-corrected chi connectivity index (χ2v) is 10.6. The van der Waals surface area contributed by atoms with Gasteiger partial charge >= 0.3 is 0 Å². The molecule has 0 aromatic heterocycles. The number of benzene rings is 2. The molecule has 2 heterocycles. The molecule has 5 heteroatoms. The molecule has 6 rings (SSSR count). The van der Waals surface area contributed by atoms with E-state index in [2.05, 4.69) is 83.8 Å². The van der Waals surface area contributed by atoms with Crippen LogP contribution in [-0.2, 0) is 0 Å². The van der Waals surface area contributed by atoms with Gasteiger partial charge in [0.15, 0.2) is 0 Å². The SMILES string of the molecule is CC(CO)(CO)N=C1C=CC2=N[C@]34CCCCC3C(c3ccccc3)C=C(c3ccccc3)N4C2=C1. The zero-order valence-corrected chi connectivity index (χ0v) is 20.7. The first-order valence-corrected chi connectivity index (χ1v) is 13.0. The van der Waals surface area contributed by atoms with E-state index in [0.717, 1.165) is 36.4 Å². The van der Waals surface area contributed by atoms with Gasteiger partial charge in [-0.15, -0.1) is 0 Å². The second-order valence-electron chi connectivity index (χ2n) is 10.6. The Morgan fingerprint density at radius 2 is 1.69 bits per heavy atom. The molecule has 1 saturated carbocycles. The predicted octanol–water partition coefficient (Wildman–Crippen LogP) is 5.11. The van der Waals surface area contributed by atoms with Crippen LogP contribution in [0, 0.1) is 5.92 Å². The van der Waals surface area contributed by atoms with Crippen LogP contribution < -0.4 is 0 Å². The van der Waals surface area contributed by atoms with Gasteiger partial charge in [0.1, 0.15) is 11.2 Å². The molecule has 2 unspecified atom stereocenters. The first-order valence-electron chi connectivity index (χ1n) is 13.0. The molecule has 0 bridgehead atoms. The van der Waals surface area contributed by atoms with E-state index >= 15 is 0 Å². The number of nitrogens with zero attached hydrogens (tertiary/aromatic N) is 3. The minimum Gasteiger partial charge on any atom is -0.394 e. The number of allylic oxidation sites excluding steroid dienone is 4. The average molecular weight is 480 g/mol. The number of aliphatic hydroxyl groups is 2. The van der Waals surface area contributed by atoms with Crippen LogP contribution in [0.3, 0.4) is 0 Å². The maximum absolute atomic E-state index is 9.82. The number of hydrogen-bond acceptors (Lipinski definition) is 5. The Bertz CT molecular complexity index is 1290. The Kier molecular flexibility index (Phi) is 5.78. The lowest BCUT2D eigenvalue weighted by Crippen LogP contribution is -2.54. The fraction of sp³-hybridized carbons (Fsp3) is 0.355. The number of aliphatic imine (C=N–C) groups is 2. The highest BCUT2D eigenvalue weighted by Gasteiger charge is 2.56. The summed E-state index contributed by atoms with van der Waals surface area (Å²) in [5.74, 6) is 0.654. The molecule has 2 aromatic rings. The van der Waals surface area contributed by atoms with Gasteiger partial charge in [0.25, 0.3) is 0 Å². The maximum Gasteiger partial charge on any atom is 0.140 e. The number of aliphatic hydroxyl groups excluding tert-OH is 2. The van der Waals surface area contributed by atoms with Crippen molar-refractivity contribution in [1.82, 2.24) is 4.90 Å². The highest BCUT2D eigenvalue weighted by atomic mass is 16.3. The molecule has 1 spiro atoms. The van der Waals surface area contributed by atoms with Crippen molar-refractivity contribution in [3.8, 4) is 0 Å². The molecule has 2 aliphatic carbocycles. The molecular weight excluding hydrogens is 446 g/mol. The first kappa shape index (κ1) is 23.1. The van der Waals surface area contributed by atoms with Crippen molar-refractivity contribution in [1.29, 1.82) is 0 Å². The molecule has 0 amide bonds. The molecular formula is C31H33N3O2. The predicted molar refractivity (Wildman–Crippen MR) is 145 cm³/mol. The molecule has 184 valence electrons. The monoisotopic (exact) mass is 479 g/mol. The Morgan fingerprint density at radius 1 is 0.972 bits per heavy atom. The summed E-state index contributed by atoms with van der Waals surface area (Å²) >= 11 is 0. The van der Waals surface area contributed by atoms with Crippen LogP contribution in [0.2, 0.25) is 0 Å². The van der Waals surface area contributed by atoms with E-state index in [-0.39, 0.29) is 24.8 Å². The lowest BCUT2D eigenvalue weighted by molar-refractivity contribution is 0.0687. The molecule has 2 N–H and O–H groups in total. The van der Waals surface area contributed by atoms with Gasteiger partial charge in [-0.3, -0.25) is 9.98 Å². The Labute approximate surface area is 212 Å². The van der Waals surface area contributed by atoms with Gasteiger partial charge in [-0.1, -0.05) is 73.2 Å². The van der Waals surface area contributed by atoms with Crippen molar-refractivity contribution in [2.45, 2.75) is 49.7 Å². The van der Waals surface area contributed by atoms with Crippen molar-refractivity contribution >= 4 is 17.1 Å². The van der Waals surface area contributed by atoms with Crippen LogP contribution >= 0.6 is 0 Å². The van der Waals surface area contributed by atoms with E-state index in [9.17, 15) is 10.2 Å². The minimum absolute atomic E-state index is 0.214. The summed E-state index contributed by atoms with van der Waals surface area (Å²) in [6.45, 7) is 1.34. The van der Waals surface area contributed by atoms with Crippen LogP contribution in [0.4, 0.5) is 0 Å². The van der Waals surface area contributed by atoms with E-state index in [0.29, 0.717) is 5.92 Å². The van der Waals surface area contributed by atoms with Crippen molar-refractivity contribution in [2.24, 2.45) is 15.9 Å². The molecule has 1 fully saturated rings. The molecule has 2 aromatic carbocycles. The van der Waals surface area contributed by atoms with E-state index in [1.807, 2.05) is 6.08 Å². The van der Waals surface area contributed by atoms with E-state index in [4.69, 9.17) is 9.98 Å². The standard InChI is InChI=1S/C31H33N3O2/c1-30(20-35,21-36)32-24-15-16-27-29(18-24)34-28(23-12-6-3-7-13-23)19-25(22-10-4-2-5-11-22)26-14-8-9-17-31(26,34)33-27/h2-7,10-13,15-16,18-19,25-26,35-36H,8-9,14,17,20-21H2,1H3/t25?,26?,31-/m0/s1. The fourth-order valence-corrected chi connectivity index (χ4v) is 6.34. The molecule has 3 atom stereocenters. The Balaban J connectivity index is 1.55. The van der Waals surface area contributed by atoms with Gasteiger partial charge in [0, 0.05) is 17.5 Å². The maximum atomic E-state index is 9.82. The second kappa shape index (κ2) is 8.99. The third kappa shape index (κ3) is 3.69. The summed E-state index contributed by atoms with van der Waals surface area (Å²) in [5.41, 5.74) is 5.26. The van der Waals surface area contributed by atoms with Gasteiger partial charge < -0.3 is 15.1 Å². The summed E-state index contributed by atoms with van der Waals surface area (Å²) < 4.78 is 0. The highest BCUT2D eigenvalue weighted by molar-refractivity contribution is 6.22. The van der Waals surface area contributed by atoms with Gasteiger partial charge in [-0.05, 0) is 55.5 Å². The molecule has 4 aliphatic rings. The summed E-state index contributed by atoms with van der Waals surface area (Å²) in [6.07, 6.45) is 13.1. The van der Waals surface area contributed by atoms with Crippen LogP contribution in [0.25, 0.3) is 5.70 Å². The quantitative estimate of drug-likeness (QED) is 0.586. The lowest BCUT2D eigenvalue weighted by atomic mass is 9.66. The van der Waals surface area contributed by atoms with Gasteiger partial charge in [-0.25, -0.2) is 0 Å². The van der Waals surface area contributed by atoms with Crippen LogP contribution in [0.5, 0.6) is 0 Å². The summed E-state index contributed by atoms with van der Waals surface area (Å²) in [5, 5.41) is 19.6. The molecule has 0 radical (unpaired) electrons. The van der Waals surface area contributed by atoms with Crippen LogP contribution in [0.15, 0.2) is 101 Å². The third-order valence-electron chi connectivity index (χ3n) is 8.15. The molecule has 5 nitrogen and oxygen atoms in total. The van der Waals surface area contributed by atoms with Crippen molar-refractivity contribution in [3.63, 3.8) is 0 Å². The largest absolute Gasteiger partial charge is 0.394 e. The Hall–Kier alpha value is -3.28. The number of rotatable bonds is 5. The van der Waals surface area contributed by atoms with E-state index < -0.39 is 5.54 Å². The topological polar surface area (TPSA) is 68.4 Å². The number of fused-ring (bicyclic) bond motifs is 2. The molecule has 2 aliphatic heterocycles. The fourth-order valence-electron chi connectivity index (χ4n) is 6.34. The molecule has 0 saturated heterocycles. The van der Waals surface area contributed by atoms with Crippen molar-refractivity contribution < 1.29 is 10.2 Å². The zero-order chi connectivity index (χ0) is 24.8. The lowest BCUT2D eigenvalue weighted by Gasteiger charge is -2.53. The first-order chi connectivity index (χ1) is 17.6. The molecule has 36 heavy (non-hydrogen) atoms. The van der Waals surface area contributed by atoms with E-state index in [1.54, 1.807) is 6.92 Å². The highest BCUT2D eigenvalue weighted by Crippen LogP contribution is 2.57.